The monoisotopic (exact) mass is 420 g/mol. The van der Waals surface area contributed by atoms with Gasteiger partial charge in [-0.15, -0.1) is 0 Å². The number of rotatable bonds is 5. The summed E-state index contributed by atoms with van der Waals surface area (Å²) in [6.45, 7) is 1.99. The van der Waals surface area contributed by atoms with E-state index in [1.165, 1.54) is 19.1 Å². The Bertz CT molecular complexity index is 1070. The number of hydrogen-bond donors (Lipinski definition) is 1. The van der Waals surface area contributed by atoms with Crippen molar-refractivity contribution in [2.75, 3.05) is 24.4 Å². The van der Waals surface area contributed by atoms with Gasteiger partial charge in [0.2, 0.25) is 11.8 Å². The van der Waals surface area contributed by atoms with Crippen LogP contribution in [0.3, 0.4) is 0 Å². The van der Waals surface area contributed by atoms with Crippen LogP contribution < -0.4 is 19.7 Å². The number of methoxy groups -OCH3 is 2. The van der Waals surface area contributed by atoms with Crippen LogP contribution in [0.1, 0.15) is 30.1 Å². The van der Waals surface area contributed by atoms with E-state index in [1.807, 2.05) is 13.0 Å². The van der Waals surface area contributed by atoms with Gasteiger partial charge in [-0.3, -0.25) is 19.3 Å². The molecule has 0 unspecified atom stereocenters. The summed E-state index contributed by atoms with van der Waals surface area (Å²) >= 11 is 0. The number of amides is 3. The first kappa shape index (κ1) is 20.7. The Kier molecular flexibility index (Phi) is 5.50. The van der Waals surface area contributed by atoms with Crippen LogP contribution in [0.25, 0.3) is 0 Å². The van der Waals surface area contributed by atoms with Gasteiger partial charge in [0.1, 0.15) is 0 Å². The molecule has 2 aliphatic rings. The fourth-order valence-electron chi connectivity index (χ4n) is 4.23. The molecule has 1 aliphatic heterocycles. The Labute approximate surface area is 180 Å². The van der Waals surface area contributed by atoms with Crippen molar-refractivity contribution in [1.82, 2.24) is 0 Å². The summed E-state index contributed by atoms with van der Waals surface area (Å²) in [5, 5.41) is 2.81. The summed E-state index contributed by atoms with van der Waals surface area (Å²) in [6.07, 6.45) is 3.26. The average molecular weight is 420 g/mol. The van der Waals surface area contributed by atoms with Crippen LogP contribution in [-0.2, 0) is 9.59 Å². The van der Waals surface area contributed by atoms with Gasteiger partial charge in [-0.25, -0.2) is 0 Å². The maximum absolute atomic E-state index is 12.9. The van der Waals surface area contributed by atoms with Crippen LogP contribution in [0.2, 0.25) is 0 Å². The third-order valence-electron chi connectivity index (χ3n) is 5.86. The molecule has 31 heavy (non-hydrogen) atoms. The Balaban J connectivity index is 1.52. The van der Waals surface area contributed by atoms with Crippen molar-refractivity contribution in [3.05, 3.63) is 59.7 Å². The number of carbonyl (C=O) groups excluding carboxylic acids is 3. The van der Waals surface area contributed by atoms with E-state index >= 15 is 0 Å². The topological polar surface area (TPSA) is 84.9 Å². The summed E-state index contributed by atoms with van der Waals surface area (Å²) in [7, 11) is 3.03. The largest absolute Gasteiger partial charge is 0.493 e. The predicted octanol–water partition coefficient (Wildman–Crippen LogP) is 3.80. The van der Waals surface area contributed by atoms with Gasteiger partial charge in [-0.2, -0.15) is 0 Å². The molecule has 0 radical (unpaired) electrons. The third-order valence-corrected chi connectivity index (χ3v) is 5.86. The highest BCUT2D eigenvalue weighted by atomic mass is 16.5. The minimum Gasteiger partial charge on any atom is -0.493 e. The molecule has 1 N–H and O–H groups in total. The van der Waals surface area contributed by atoms with E-state index in [9.17, 15) is 14.4 Å². The minimum atomic E-state index is -0.342. The minimum absolute atomic E-state index is 0.166. The van der Waals surface area contributed by atoms with Crippen LogP contribution in [0.5, 0.6) is 11.5 Å². The molecular formula is C24H24N2O5. The second-order valence-electron chi connectivity index (χ2n) is 7.76. The quantitative estimate of drug-likeness (QED) is 0.587. The Morgan fingerprint density at radius 3 is 2.39 bits per heavy atom. The molecule has 3 amide bonds. The van der Waals surface area contributed by atoms with Gasteiger partial charge in [-0.1, -0.05) is 17.7 Å². The van der Waals surface area contributed by atoms with Gasteiger partial charge in [-0.05, 0) is 56.2 Å². The lowest BCUT2D eigenvalue weighted by Crippen LogP contribution is -2.30. The van der Waals surface area contributed by atoms with Crippen molar-refractivity contribution in [3.8, 4) is 11.5 Å². The third kappa shape index (κ3) is 3.67. The van der Waals surface area contributed by atoms with E-state index in [4.69, 9.17) is 9.47 Å². The molecule has 1 aliphatic carbocycles. The standard InChI is InChI=1S/C24H24N2O5/c1-14-7-12-17-18(13-14)24(29)26(23(17)28)16-10-8-15(9-11-16)22(27)25-19-5-4-6-20(30-2)21(19)31-3/h4-11,17-18H,12-13H2,1-3H3,(H,25,27)/t17-,18-/m1/s1. The molecule has 1 heterocycles. The zero-order chi connectivity index (χ0) is 22.1. The number of allylic oxidation sites excluding steroid dienone is 2. The van der Waals surface area contributed by atoms with E-state index in [2.05, 4.69) is 5.32 Å². The number of benzene rings is 2. The molecule has 2 atom stereocenters. The molecule has 4 rings (SSSR count). The molecule has 2 aromatic carbocycles. The summed E-state index contributed by atoms with van der Waals surface area (Å²) in [4.78, 5) is 39.7. The van der Waals surface area contributed by atoms with E-state index in [1.54, 1.807) is 42.5 Å². The molecule has 1 saturated heterocycles. The molecule has 2 aromatic rings. The lowest BCUT2D eigenvalue weighted by atomic mass is 9.82. The fraction of sp³-hybridized carbons (Fsp3) is 0.292. The van der Waals surface area contributed by atoms with E-state index in [0.717, 1.165) is 5.57 Å². The SMILES string of the molecule is COc1cccc(NC(=O)c2ccc(N3C(=O)[C@@H]4CC=C(C)C[C@H]4C3=O)cc2)c1OC. The number of hydrogen-bond acceptors (Lipinski definition) is 5. The molecule has 0 aromatic heterocycles. The van der Waals surface area contributed by atoms with Crippen LogP contribution in [0, 0.1) is 11.8 Å². The Morgan fingerprint density at radius 2 is 1.71 bits per heavy atom. The van der Waals surface area contributed by atoms with Crippen LogP contribution in [-0.4, -0.2) is 31.9 Å². The van der Waals surface area contributed by atoms with Crippen molar-refractivity contribution in [1.29, 1.82) is 0 Å². The van der Waals surface area contributed by atoms with Gasteiger partial charge in [0.05, 0.1) is 37.4 Å². The zero-order valence-corrected chi connectivity index (χ0v) is 17.7. The number of ether oxygens (including phenoxy) is 2. The maximum atomic E-state index is 12.9. The molecule has 7 nitrogen and oxygen atoms in total. The number of nitrogens with zero attached hydrogens (tertiary/aromatic N) is 1. The molecule has 160 valence electrons. The highest BCUT2D eigenvalue weighted by molar-refractivity contribution is 6.22. The van der Waals surface area contributed by atoms with Crippen molar-refractivity contribution >= 4 is 29.1 Å². The van der Waals surface area contributed by atoms with Crippen molar-refractivity contribution < 1.29 is 23.9 Å². The first-order chi connectivity index (χ1) is 14.9. The Hall–Kier alpha value is -3.61. The number of fused-ring (bicyclic) bond motifs is 1. The normalized spacial score (nSPS) is 20.2. The summed E-state index contributed by atoms with van der Waals surface area (Å²) in [5.74, 6) is -0.327. The van der Waals surface area contributed by atoms with Crippen molar-refractivity contribution in [2.24, 2.45) is 11.8 Å². The van der Waals surface area contributed by atoms with E-state index in [-0.39, 0.29) is 29.6 Å². The van der Waals surface area contributed by atoms with Gasteiger partial charge in [0.25, 0.3) is 5.91 Å². The summed E-state index contributed by atoms with van der Waals surface area (Å²) < 4.78 is 10.6. The van der Waals surface area contributed by atoms with E-state index < -0.39 is 0 Å². The van der Waals surface area contributed by atoms with Gasteiger partial charge >= 0.3 is 0 Å². The highest BCUT2D eigenvalue weighted by Crippen LogP contribution is 2.40. The number of para-hydroxylation sites is 1. The smallest absolute Gasteiger partial charge is 0.255 e. The van der Waals surface area contributed by atoms with Gasteiger partial charge < -0.3 is 14.8 Å². The first-order valence-corrected chi connectivity index (χ1v) is 10.1. The van der Waals surface area contributed by atoms with Crippen molar-refractivity contribution in [2.45, 2.75) is 19.8 Å². The predicted molar refractivity (Wildman–Crippen MR) is 116 cm³/mol. The average Bonchev–Trinajstić information content (AvgIpc) is 3.02. The number of anilines is 2. The molecule has 0 spiro atoms. The van der Waals surface area contributed by atoms with Crippen LogP contribution in [0.15, 0.2) is 54.1 Å². The molecule has 7 heteroatoms. The number of nitrogens with one attached hydrogen (secondary N) is 1. The lowest BCUT2D eigenvalue weighted by molar-refractivity contribution is -0.122. The first-order valence-electron chi connectivity index (χ1n) is 10.1. The summed E-state index contributed by atoms with van der Waals surface area (Å²) in [5.41, 5.74) is 2.50. The van der Waals surface area contributed by atoms with Gasteiger partial charge in [0, 0.05) is 5.56 Å². The van der Waals surface area contributed by atoms with Crippen molar-refractivity contribution in [3.63, 3.8) is 0 Å². The lowest BCUT2D eigenvalue weighted by Gasteiger charge is -2.18. The Morgan fingerprint density at radius 1 is 1.00 bits per heavy atom. The molecule has 1 fully saturated rings. The summed E-state index contributed by atoms with van der Waals surface area (Å²) in [6, 6.07) is 11.7. The fourth-order valence-corrected chi connectivity index (χ4v) is 4.23. The number of carbonyl (C=O) groups is 3. The second-order valence-corrected chi connectivity index (χ2v) is 7.76. The molecular weight excluding hydrogens is 396 g/mol. The molecule has 0 bridgehead atoms. The van der Waals surface area contributed by atoms with Crippen LogP contribution in [0.4, 0.5) is 11.4 Å². The number of imide groups is 1. The maximum Gasteiger partial charge on any atom is 0.255 e. The van der Waals surface area contributed by atoms with E-state index in [0.29, 0.717) is 41.3 Å². The van der Waals surface area contributed by atoms with Gasteiger partial charge in [0.15, 0.2) is 11.5 Å². The van der Waals surface area contributed by atoms with Crippen LogP contribution >= 0.6 is 0 Å². The second kappa shape index (κ2) is 8.26. The zero-order valence-electron chi connectivity index (χ0n) is 17.7. The molecule has 0 saturated carbocycles. The highest BCUT2D eigenvalue weighted by Gasteiger charge is 2.48.